The van der Waals surface area contributed by atoms with Crippen molar-refractivity contribution in [3.8, 4) is 5.75 Å². The maximum atomic E-state index is 15.1. The summed E-state index contributed by atoms with van der Waals surface area (Å²) in [5, 5.41) is 0.324. The van der Waals surface area contributed by atoms with Gasteiger partial charge in [0.1, 0.15) is 34.0 Å². The fourth-order valence-electron chi connectivity index (χ4n) is 3.00. The second kappa shape index (κ2) is 8.23. The van der Waals surface area contributed by atoms with E-state index in [1.807, 2.05) is 0 Å². The molecule has 0 bridgehead atoms. The molecule has 2 aromatic heterocycles. The average molecular weight is 445 g/mol. The molecule has 0 aliphatic rings. The number of nitrogens with zero attached hydrogens (tertiary/aromatic N) is 1. The Balaban J connectivity index is 1.73. The van der Waals surface area contributed by atoms with Gasteiger partial charge in [-0.05, 0) is 36.4 Å². The van der Waals surface area contributed by atoms with Crippen molar-refractivity contribution >= 4 is 33.5 Å². The summed E-state index contributed by atoms with van der Waals surface area (Å²) in [6, 6.07) is 8.33. The van der Waals surface area contributed by atoms with Crippen LogP contribution in [-0.2, 0) is 11.0 Å². The summed E-state index contributed by atoms with van der Waals surface area (Å²) in [6.07, 6.45) is 2.73. The van der Waals surface area contributed by atoms with Crippen LogP contribution in [0.4, 0.5) is 18.9 Å². The molecule has 2 N–H and O–H groups in total. The zero-order chi connectivity index (χ0) is 22.1. The van der Waals surface area contributed by atoms with Crippen LogP contribution in [0.5, 0.6) is 5.75 Å². The molecule has 1 atom stereocenters. The topological polar surface area (TPSA) is 84.1 Å². The number of nitrogens with one attached hydrogen (secondary N) is 2. The Hall–Kier alpha value is -3.66. The lowest BCUT2D eigenvalue weighted by atomic mass is 10.0. The van der Waals surface area contributed by atoms with Gasteiger partial charge in [0.05, 0.1) is 29.5 Å². The van der Waals surface area contributed by atoms with E-state index in [-0.39, 0.29) is 16.1 Å². The van der Waals surface area contributed by atoms with Crippen molar-refractivity contribution in [2.75, 3.05) is 11.8 Å². The van der Waals surface area contributed by atoms with Crippen LogP contribution < -0.4 is 9.46 Å². The lowest BCUT2D eigenvalue weighted by Crippen LogP contribution is -2.12. The number of rotatable bonds is 6. The van der Waals surface area contributed by atoms with Crippen molar-refractivity contribution < 1.29 is 26.9 Å². The molecule has 31 heavy (non-hydrogen) atoms. The van der Waals surface area contributed by atoms with Crippen LogP contribution >= 0.6 is 0 Å². The second-order valence-corrected chi connectivity index (χ2v) is 7.63. The standard InChI is InChI=1S/C21H14F3N3O3S/c1-30-12-8-14-15(10-26-21(14)25-9-12)20(28)18-16(23)5-6-17(19(18)24)27-31(29)13-4-2-3-11(22)7-13/h2-10,27H,1H3,(H,25,26). The highest BCUT2D eigenvalue weighted by molar-refractivity contribution is 7.86. The summed E-state index contributed by atoms with van der Waals surface area (Å²) >= 11 is 0. The van der Waals surface area contributed by atoms with Gasteiger partial charge >= 0.3 is 0 Å². The first-order chi connectivity index (χ1) is 14.9. The Morgan fingerprint density at radius 3 is 2.71 bits per heavy atom. The number of benzene rings is 2. The van der Waals surface area contributed by atoms with Crippen molar-refractivity contribution in [3.63, 3.8) is 0 Å². The van der Waals surface area contributed by atoms with Crippen LogP contribution in [-0.4, -0.2) is 27.1 Å². The number of carbonyl (C=O) groups is 1. The molecular formula is C21H14F3N3O3S. The lowest BCUT2D eigenvalue weighted by molar-refractivity contribution is 0.103. The Bertz CT molecular complexity index is 1340. The van der Waals surface area contributed by atoms with E-state index in [1.165, 1.54) is 43.8 Å². The monoisotopic (exact) mass is 445 g/mol. The zero-order valence-corrected chi connectivity index (χ0v) is 16.7. The van der Waals surface area contributed by atoms with E-state index >= 15 is 4.39 Å². The zero-order valence-electron chi connectivity index (χ0n) is 15.9. The van der Waals surface area contributed by atoms with Gasteiger partial charge in [-0.1, -0.05) is 6.07 Å². The summed E-state index contributed by atoms with van der Waals surface area (Å²) in [5.41, 5.74) is -0.873. The van der Waals surface area contributed by atoms with Crippen LogP contribution in [0, 0.1) is 17.5 Å². The van der Waals surface area contributed by atoms with Crippen molar-refractivity contribution in [3.05, 3.63) is 83.4 Å². The number of hydrogen-bond donors (Lipinski definition) is 2. The van der Waals surface area contributed by atoms with E-state index in [0.717, 1.165) is 18.2 Å². The predicted molar refractivity (Wildman–Crippen MR) is 109 cm³/mol. The lowest BCUT2D eigenvalue weighted by Gasteiger charge is -2.11. The quantitative estimate of drug-likeness (QED) is 0.432. The largest absolute Gasteiger partial charge is 0.495 e. The number of ketones is 1. The van der Waals surface area contributed by atoms with Crippen molar-refractivity contribution in [1.29, 1.82) is 0 Å². The van der Waals surface area contributed by atoms with Crippen LogP contribution in [0.15, 0.2) is 59.8 Å². The maximum absolute atomic E-state index is 15.1. The normalized spacial score (nSPS) is 12.0. The number of halogens is 3. The summed E-state index contributed by atoms with van der Waals surface area (Å²) < 4.78 is 62.8. The van der Waals surface area contributed by atoms with Gasteiger partial charge in [0.15, 0.2) is 5.82 Å². The number of H-pyrrole nitrogens is 1. The van der Waals surface area contributed by atoms with E-state index in [0.29, 0.717) is 16.8 Å². The number of pyridine rings is 1. The first kappa shape index (κ1) is 20.6. The number of carbonyl (C=O) groups excluding carboxylic acids is 1. The number of aromatic nitrogens is 2. The van der Waals surface area contributed by atoms with Gasteiger partial charge in [0, 0.05) is 17.1 Å². The average Bonchev–Trinajstić information content (AvgIpc) is 3.18. The highest BCUT2D eigenvalue weighted by Crippen LogP contribution is 2.29. The fourth-order valence-corrected chi connectivity index (χ4v) is 3.90. The summed E-state index contributed by atoms with van der Waals surface area (Å²) in [4.78, 5) is 19.9. The van der Waals surface area contributed by atoms with Gasteiger partial charge < -0.3 is 9.72 Å². The third-order valence-corrected chi connectivity index (χ3v) is 5.60. The Labute approximate surface area is 176 Å². The van der Waals surface area contributed by atoms with Crippen LogP contribution in [0.1, 0.15) is 15.9 Å². The van der Waals surface area contributed by atoms with E-state index in [4.69, 9.17) is 4.74 Å². The summed E-state index contributed by atoms with van der Waals surface area (Å²) in [6.45, 7) is 0. The van der Waals surface area contributed by atoms with Crippen molar-refractivity contribution in [2.45, 2.75) is 4.90 Å². The van der Waals surface area contributed by atoms with Gasteiger partial charge in [-0.2, -0.15) is 0 Å². The third-order valence-electron chi connectivity index (χ3n) is 4.52. The summed E-state index contributed by atoms with van der Waals surface area (Å²) in [7, 11) is -0.622. The molecule has 4 rings (SSSR count). The van der Waals surface area contributed by atoms with E-state index < -0.39 is 39.8 Å². The second-order valence-electron chi connectivity index (χ2n) is 6.41. The maximum Gasteiger partial charge on any atom is 0.201 e. The minimum absolute atomic E-state index is 0.0115. The molecule has 0 saturated heterocycles. The van der Waals surface area contributed by atoms with E-state index in [2.05, 4.69) is 14.7 Å². The number of methoxy groups -OCH3 is 1. The number of aromatic amines is 1. The van der Waals surface area contributed by atoms with Gasteiger partial charge in [-0.3, -0.25) is 9.52 Å². The molecule has 2 heterocycles. The molecule has 0 spiro atoms. The van der Waals surface area contributed by atoms with Crippen LogP contribution in [0.25, 0.3) is 11.0 Å². The summed E-state index contributed by atoms with van der Waals surface area (Å²) in [5.74, 6) is -3.50. The molecule has 0 amide bonds. The number of hydrogen-bond acceptors (Lipinski definition) is 4. The molecule has 0 aliphatic heterocycles. The Morgan fingerprint density at radius 2 is 1.97 bits per heavy atom. The molecule has 6 nitrogen and oxygen atoms in total. The SMILES string of the molecule is COc1cnc2[nH]cc(C(=O)c3c(F)ccc(NS(=O)c4cccc(F)c4)c3F)c2c1. The number of ether oxygens (including phenoxy) is 1. The molecular weight excluding hydrogens is 431 g/mol. The molecule has 10 heteroatoms. The Morgan fingerprint density at radius 1 is 1.16 bits per heavy atom. The highest BCUT2D eigenvalue weighted by atomic mass is 32.2. The molecule has 0 saturated carbocycles. The van der Waals surface area contributed by atoms with Gasteiger partial charge in [-0.15, -0.1) is 0 Å². The van der Waals surface area contributed by atoms with E-state index in [1.54, 1.807) is 0 Å². The first-order valence-electron chi connectivity index (χ1n) is 8.87. The Kier molecular flexibility index (Phi) is 5.47. The highest BCUT2D eigenvalue weighted by Gasteiger charge is 2.25. The van der Waals surface area contributed by atoms with Gasteiger partial charge in [0.2, 0.25) is 5.78 Å². The van der Waals surface area contributed by atoms with Gasteiger partial charge in [-0.25, -0.2) is 22.4 Å². The molecule has 0 radical (unpaired) electrons. The first-order valence-corrected chi connectivity index (χ1v) is 10.0. The molecule has 4 aromatic rings. The third kappa shape index (κ3) is 3.89. The van der Waals surface area contributed by atoms with Crippen LogP contribution in [0.3, 0.4) is 0 Å². The number of fused-ring (bicyclic) bond motifs is 1. The van der Waals surface area contributed by atoms with Crippen LogP contribution in [0.2, 0.25) is 0 Å². The minimum Gasteiger partial charge on any atom is -0.495 e. The molecule has 2 aromatic carbocycles. The fraction of sp³-hybridized carbons (Fsp3) is 0.0476. The molecule has 0 aliphatic carbocycles. The van der Waals surface area contributed by atoms with Gasteiger partial charge in [0.25, 0.3) is 0 Å². The molecule has 0 fully saturated rings. The predicted octanol–water partition coefficient (Wildman–Crippen LogP) is 4.35. The minimum atomic E-state index is -2.04. The molecule has 1 unspecified atom stereocenters. The van der Waals surface area contributed by atoms with Crippen molar-refractivity contribution in [1.82, 2.24) is 9.97 Å². The number of anilines is 1. The smallest absolute Gasteiger partial charge is 0.201 e. The molecule has 158 valence electrons. The van der Waals surface area contributed by atoms with Crippen molar-refractivity contribution in [2.24, 2.45) is 0 Å². The van der Waals surface area contributed by atoms with E-state index in [9.17, 15) is 17.8 Å².